The fourth-order valence-corrected chi connectivity index (χ4v) is 2.00. The quantitative estimate of drug-likeness (QED) is 0.634. The maximum atomic E-state index is 10.9. The number of aldehydes is 1. The Balaban J connectivity index is 2.26. The van der Waals surface area contributed by atoms with Crippen molar-refractivity contribution in [1.29, 1.82) is 0 Å². The molecule has 1 aromatic carbocycles. The van der Waals surface area contributed by atoms with Gasteiger partial charge in [0.25, 0.3) is 0 Å². The average Bonchev–Trinajstić information content (AvgIpc) is 2.40. The molecular weight excluding hydrogens is 295 g/mol. The van der Waals surface area contributed by atoms with Crippen LogP contribution in [0.1, 0.15) is 17.3 Å². The molecule has 19 heavy (non-hydrogen) atoms. The molecule has 0 aromatic heterocycles. The molecule has 1 heterocycles. The molecule has 1 aliphatic heterocycles. The molecule has 0 fully saturated rings. The summed E-state index contributed by atoms with van der Waals surface area (Å²) in [5.74, 6) is 0.0308. The van der Waals surface area contributed by atoms with Crippen molar-refractivity contribution in [2.45, 2.75) is 13.0 Å². The summed E-state index contributed by atoms with van der Waals surface area (Å²) >= 11 is 11.9. The zero-order chi connectivity index (χ0) is 14.0. The highest BCUT2D eigenvalue weighted by molar-refractivity contribution is 6.43. The van der Waals surface area contributed by atoms with Crippen molar-refractivity contribution in [3.8, 4) is 11.5 Å². The normalized spacial score (nSPS) is 16.9. The lowest BCUT2D eigenvalue weighted by Crippen LogP contribution is -2.34. The summed E-state index contributed by atoms with van der Waals surface area (Å²) in [7, 11) is 0. The van der Waals surface area contributed by atoms with Gasteiger partial charge < -0.3 is 14.2 Å². The van der Waals surface area contributed by atoms with E-state index in [4.69, 9.17) is 37.4 Å². The lowest BCUT2D eigenvalue weighted by molar-refractivity contribution is -0.144. The molecule has 0 saturated heterocycles. The Morgan fingerprint density at radius 2 is 2.26 bits per heavy atom. The van der Waals surface area contributed by atoms with Crippen LogP contribution >= 0.6 is 23.2 Å². The number of hydrogen-bond acceptors (Lipinski definition) is 5. The second-order valence-corrected chi connectivity index (χ2v) is 4.68. The minimum atomic E-state index is -0.494. The van der Waals surface area contributed by atoms with Crippen molar-refractivity contribution < 1.29 is 23.8 Å². The third-order valence-electron chi connectivity index (χ3n) is 2.46. The van der Waals surface area contributed by atoms with Gasteiger partial charge in [-0.3, -0.25) is 9.59 Å². The Hall–Kier alpha value is -1.46. The average molecular weight is 305 g/mol. The number of esters is 1. The summed E-state index contributed by atoms with van der Waals surface area (Å²) in [4.78, 5) is 21.7. The number of hydrogen-bond donors (Lipinski definition) is 0. The third-order valence-corrected chi connectivity index (χ3v) is 3.23. The van der Waals surface area contributed by atoms with Crippen LogP contribution in [0.3, 0.4) is 0 Å². The summed E-state index contributed by atoms with van der Waals surface area (Å²) in [6.07, 6.45) is 0.114. The largest absolute Gasteiger partial charge is 0.485 e. The number of halogens is 2. The first-order valence-corrected chi connectivity index (χ1v) is 6.18. The van der Waals surface area contributed by atoms with Gasteiger partial charge in [-0.05, 0) is 6.07 Å². The summed E-state index contributed by atoms with van der Waals surface area (Å²) in [6, 6.07) is 1.41. The van der Waals surface area contributed by atoms with Gasteiger partial charge in [-0.15, -0.1) is 0 Å². The zero-order valence-corrected chi connectivity index (χ0v) is 11.5. The molecule has 7 heteroatoms. The standard InChI is InChI=1S/C12H10Cl2O5/c1-6(16)17-4-8-5-18-11-7(3-15)2-9(13)10(14)12(11)19-8/h2-3,8H,4-5H2,1H3. The van der Waals surface area contributed by atoms with Gasteiger partial charge in [-0.25, -0.2) is 0 Å². The van der Waals surface area contributed by atoms with Crippen LogP contribution in [0.4, 0.5) is 0 Å². The Morgan fingerprint density at radius 3 is 2.89 bits per heavy atom. The highest BCUT2D eigenvalue weighted by Gasteiger charge is 2.28. The van der Waals surface area contributed by atoms with E-state index >= 15 is 0 Å². The van der Waals surface area contributed by atoms with Gasteiger partial charge in [0.05, 0.1) is 10.6 Å². The Labute approximate surface area is 119 Å². The van der Waals surface area contributed by atoms with Crippen LogP contribution < -0.4 is 9.47 Å². The zero-order valence-electron chi connectivity index (χ0n) is 9.94. The van der Waals surface area contributed by atoms with Crippen LogP contribution in [0.15, 0.2) is 6.07 Å². The predicted molar refractivity (Wildman–Crippen MR) is 68.4 cm³/mol. The maximum absolute atomic E-state index is 10.9. The van der Waals surface area contributed by atoms with E-state index < -0.39 is 12.1 Å². The lowest BCUT2D eigenvalue weighted by atomic mass is 10.2. The van der Waals surface area contributed by atoms with E-state index in [9.17, 15) is 9.59 Å². The van der Waals surface area contributed by atoms with Crippen LogP contribution in [0.5, 0.6) is 11.5 Å². The summed E-state index contributed by atoms with van der Waals surface area (Å²) in [5, 5.41) is 0.356. The second kappa shape index (κ2) is 5.67. The Morgan fingerprint density at radius 1 is 1.53 bits per heavy atom. The molecule has 0 saturated carbocycles. The van der Waals surface area contributed by atoms with Crippen LogP contribution in [0.2, 0.25) is 10.0 Å². The molecule has 0 spiro atoms. The predicted octanol–water partition coefficient (Wildman–Crippen LogP) is 2.51. The van der Waals surface area contributed by atoms with Gasteiger partial charge in [0.1, 0.15) is 18.2 Å². The van der Waals surface area contributed by atoms with E-state index in [0.717, 1.165) is 0 Å². The third kappa shape index (κ3) is 2.93. The van der Waals surface area contributed by atoms with Gasteiger partial charge in [-0.2, -0.15) is 0 Å². The van der Waals surface area contributed by atoms with Gasteiger partial charge in [0.2, 0.25) is 0 Å². The molecular formula is C12H10Cl2O5. The monoisotopic (exact) mass is 304 g/mol. The Bertz CT molecular complexity index is 529. The highest BCUT2D eigenvalue weighted by Crippen LogP contribution is 2.44. The van der Waals surface area contributed by atoms with E-state index in [-0.39, 0.29) is 40.3 Å². The van der Waals surface area contributed by atoms with Crippen molar-refractivity contribution in [3.63, 3.8) is 0 Å². The molecule has 1 aliphatic rings. The number of carbonyl (C=O) groups is 2. The van der Waals surface area contributed by atoms with Crippen molar-refractivity contribution >= 4 is 35.5 Å². The van der Waals surface area contributed by atoms with Crippen molar-refractivity contribution in [3.05, 3.63) is 21.7 Å². The van der Waals surface area contributed by atoms with Gasteiger partial charge in [0, 0.05) is 6.92 Å². The minimum Gasteiger partial charge on any atom is -0.485 e. The van der Waals surface area contributed by atoms with E-state index in [1.165, 1.54) is 13.0 Å². The first-order valence-electron chi connectivity index (χ1n) is 5.43. The van der Waals surface area contributed by atoms with Crippen molar-refractivity contribution in [1.82, 2.24) is 0 Å². The van der Waals surface area contributed by atoms with Gasteiger partial charge in [0.15, 0.2) is 23.9 Å². The smallest absolute Gasteiger partial charge is 0.302 e. The topological polar surface area (TPSA) is 61.8 Å². The first-order chi connectivity index (χ1) is 9.02. The SMILES string of the molecule is CC(=O)OCC1COc2c(C=O)cc(Cl)c(Cl)c2O1. The van der Waals surface area contributed by atoms with E-state index in [1.54, 1.807) is 0 Å². The molecule has 1 unspecified atom stereocenters. The van der Waals surface area contributed by atoms with E-state index in [0.29, 0.717) is 6.29 Å². The van der Waals surface area contributed by atoms with Gasteiger partial charge >= 0.3 is 5.97 Å². The van der Waals surface area contributed by atoms with Crippen molar-refractivity contribution in [2.24, 2.45) is 0 Å². The second-order valence-electron chi connectivity index (χ2n) is 3.89. The fraction of sp³-hybridized carbons (Fsp3) is 0.333. The van der Waals surface area contributed by atoms with Crippen molar-refractivity contribution in [2.75, 3.05) is 13.2 Å². The first kappa shape index (κ1) is 14.0. The Kier molecular flexibility index (Phi) is 4.17. The number of benzene rings is 1. The van der Waals surface area contributed by atoms with E-state index in [1.807, 2.05) is 0 Å². The molecule has 102 valence electrons. The number of rotatable bonds is 3. The van der Waals surface area contributed by atoms with Crippen LogP contribution in [0.25, 0.3) is 0 Å². The summed E-state index contributed by atoms with van der Waals surface area (Å²) in [5.41, 5.74) is 0.260. The van der Waals surface area contributed by atoms with Gasteiger partial charge in [-0.1, -0.05) is 23.2 Å². The number of fused-ring (bicyclic) bond motifs is 1. The molecule has 2 rings (SSSR count). The fourth-order valence-electron chi connectivity index (χ4n) is 1.62. The maximum Gasteiger partial charge on any atom is 0.302 e. The molecule has 1 atom stereocenters. The molecule has 1 aromatic rings. The van der Waals surface area contributed by atoms with Crippen LogP contribution in [-0.4, -0.2) is 31.6 Å². The molecule has 0 N–H and O–H groups in total. The number of ether oxygens (including phenoxy) is 3. The molecule has 5 nitrogen and oxygen atoms in total. The van der Waals surface area contributed by atoms with Crippen LogP contribution in [0, 0.1) is 0 Å². The molecule has 0 amide bonds. The molecule has 0 bridgehead atoms. The summed E-state index contributed by atoms with van der Waals surface area (Å²) in [6.45, 7) is 1.49. The molecule has 0 radical (unpaired) electrons. The highest BCUT2D eigenvalue weighted by atomic mass is 35.5. The molecule has 0 aliphatic carbocycles. The van der Waals surface area contributed by atoms with Crippen LogP contribution in [-0.2, 0) is 9.53 Å². The summed E-state index contributed by atoms with van der Waals surface area (Å²) < 4.78 is 15.8. The number of carbonyl (C=O) groups excluding carboxylic acids is 2. The lowest BCUT2D eigenvalue weighted by Gasteiger charge is -2.27. The minimum absolute atomic E-state index is 0.0358. The van der Waals surface area contributed by atoms with E-state index in [2.05, 4.69) is 0 Å².